The smallest absolute Gasteiger partial charge is 0.387 e. The lowest BCUT2D eigenvalue weighted by molar-refractivity contribution is -0.0498. The molecule has 19 heavy (non-hydrogen) atoms. The molecule has 102 valence electrons. The highest BCUT2D eigenvalue weighted by atomic mass is 35.5. The molecule has 0 saturated heterocycles. The van der Waals surface area contributed by atoms with Gasteiger partial charge in [-0.05, 0) is 23.8 Å². The predicted octanol–water partition coefficient (Wildman–Crippen LogP) is 4.70. The first-order valence-corrected chi connectivity index (χ1v) is 6.79. The quantitative estimate of drug-likeness (QED) is 0.884. The lowest BCUT2D eigenvalue weighted by Crippen LogP contribution is -2.11. The molecule has 0 spiro atoms. The second kappa shape index (κ2) is 6.05. The normalized spacial score (nSPS) is 12.7. The van der Waals surface area contributed by atoms with Crippen LogP contribution in [0.2, 0.25) is 8.67 Å². The zero-order chi connectivity index (χ0) is 14.0. The number of ether oxygens (including phenoxy) is 1. The molecular formula is C12H9Cl2F2NOS. The summed E-state index contributed by atoms with van der Waals surface area (Å²) in [5.74, 6) is 0.0837. The molecule has 0 radical (unpaired) electrons. The van der Waals surface area contributed by atoms with Gasteiger partial charge in [0.1, 0.15) is 5.75 Å². The van der Waals surface area contributed by atoms with Gasteiger partial charge in [0.25, 0.3) is 0 Å². The molecule has 1 aromatic heterocycles. The van der Waals surface area contributed by atoms with Crippen molar-refractivity contribution >= 4 is 34.5 Å². The van der Waals surface area contributed by atoms with Gasteiger partial charge in [-0.1, -0.05) is 35.3 Å². The summed E-state index contributed by atoms with van der Waals surface area (Å²) in [5, 5.41) is 0. The zero-order valence-corrected chi connectivity index (χ0v) is 11.8. The molecule has 0 fully saturated rings. The molecule has 0 aliphatic carbocycles. The first-order chi connectivity index (χ1) is 8.97. The SMILES string of the molecule is NC(c1ccc(OC(F)F)cc1)c1cc(Cl)sc1Cl. The van der Waals surface area contributed by atoms with E-state index < -0.39 is 12.7 Å². The summed E-state index contributed by atoms with van der Waals surface area (Å²) < 4.78 is 29.4. The number of nitrogens with two attached hydrogens (primary N) is 1. The van der Waals surface area contributed by atoms with Crippen LogP contribution in [0.5, 0.6) is 5.75 Å². The van der Waals surface area contributed by atoms with Gasteiger partial charge >= 0.3 is 6.61 Å². The number of alkyl halides is 2. The second-order valence-corrected chi connectivity index (χ2v) is 5.99. The molecule has 2 rings (SSSR count). The van der Waals surface area contributed by atoms with Crippen LogP contribution in [-0.4, -0.2) is 6.61 Å². The van der Waals surface area contributed by atoms with Gasteiger partial charge < -0.3 is 10.5 Å². The third-order valence-corrected chi connectivity index (χ3v) is 4.00. The van der Waals surface area contributed by atoms with Crippen LogP contribution in [0.15, 0.2) is 30.3 Å². The van der Waals surface area contributed by atoms with Crippen LogP contribution in [0.3, 0.4) is 0 Å². The third-order valence-electron chi connectivity index (χ3n) is 2.48. The van der Waals surface area contributed by atoms with Gasteiger partial charge in [-0.25, -0.2) is 0 Å². The number of hydrogen-bond donors (Lipinski definition) is 1. The van der Waals surface area contributed by atoms with Crippen LogP contribution in [0.25, 0.3) is 0 Å². The molecule has 1 unspecified atom stereocenters. The summed E-state index contributed by atoms with van der Waals surface area (Å²) in [7, 11) is 0. The van der Waals surface area contributed by atoms with E-state index in [1.54, 1.807) is 18.2 Å². The van der Waals surface area contributed by atoms with Gasteiger partial charge in [0.05, 0.1) is 14.7 Å². The predicted molar refractivity (Wildman–Crippen MR) is 73.4 cm³/mol. The molecule has 1 atom stereocenters. The molecule has 2 N–H and O–H groups in total. The maximum absolute atomic E-state index is 12.0. The second-order valence-electron chi connectivity index (χ2n) is 3.70. The summed E-state index contributed by atoms with van der Waals surface area (Å²) in [6, 6.07) is 7.33. The topological polar surface area (TPSA) is 35.2 Å². The van der Waals surface area contributed by atoms with Gasteiger partial charge in [0.2, 0.25) is 0 Å². The van der Waals surface area contributed by atoms with E-state index in [-0.39, 0.29) is 5.75 Å². The number of thiophene rings is 1. The molecule has 1 aromatic carbocycles. The number of halogens is 4. The van der Waals surface area contributed by atoms with Gasteiger partial charge in [0, 0.05) is 5.56 Å². The van der Waals surface area contributed by atoms with Crippen molar-refractivity contribution in [2.75, 3.05) is 0 Å². The minimum absolute atomic E-state index is 0.0837. The first kappa shape index (κ1) is 14.5. The van der Waals surface area contributed by atoms with Crippen LogP contribution in [-0.2, 0) is 0 Å². The van der Waals surface area contributed by atoms with Crippen molar-refractivity contribution in [1.29, 1.82) is 0 Å². The molecule has 0 saturated carbocycles. The Labute approximate surface area is 122 Å². The van der Waals surface area contributed by atoms with E-state index in [1.165, 1.54) is 23.5 Å². The average molecular weight is 324 g/mol. The van der Waals surface area contributed by atoms with Gasteiger partial charge in [0.15, 0.2) is 0 Å². The highest BCUT2D eigenvalue weighted by Gasteiger charge is 2.16. The molecule has 2 aromatic rings. The van der Waals surface area contributed by atoms with Crippen LogP contribution in [0.4, 0.5) is 8.78 Å². The average Bonchev–Trinajstić information content (AvgIpc) is 2.68. The summed E-state index contributed by atoms with van der Waals surface area (Å²) in [6.45, 7) is -2.84. The fourth-order valence-electron chi connectivity index (χ4n) is 1.60. The Hall–Kier alpha value is -0.880. The number of hydrogen-bond acceptors (Lipinski definition) is 3. The van der Waals surface area contributed by atoms with Crippen LogP contribution in [0, 0.1) is 0 Å². The van der Waals surface area contributed by atoms with Crippen molar-refractivity contribution in [3.63, 3.8) is 0 Å². The van der Waals surface area contributed by atoms with E-state index in [4.69, 9.17) is 28.9 Å². The summed E-state index contributed by atoms with van der Waals surface area (Å²) in [6.07, 6.45) is 0. The molecule has 0 bridgehead atoms. The molecule has 0 amide bonds. The summed E-state index contributed by atoms with van der Waals surface area (Å²) >= 11 is 13.1. The van der Waals surface area contributed by atoms with E-state index in [0.29, 0.717) is 14.2 Å². The van der Waals surface area contributed by atoms with E-state index >= 15 is 0 Å². The molecule has 1 heterocycles. The van der Waals surface area contributed by atoms with Crippen molar-refractivity contribution in [3.8, 4) is 5.75 Å². The summed E-state index contributed by atoms with van der Waals surface area (Å²) in [5.41, 5.74) is 7.50. The Balaban J connectivity index is 2.20. The maximum Gasteiger partial charge on any atom is 0.387 e. The Morgan fingerprint density at radius 1 is 1.16 bits per heavy atom. The largest absolute Gasteiger partial charge is 0.435 e. The Morgan fingerprint density at radius 3 is 2.26 bits per heavy atom. The van der Waals surface area contributed by atoms with Crippen molar-refractivity contribution in [3.05, 3.63) is 50.1 Å². The van der Waals surface area contributed by atoms with E-state index in [2.05, 4.69) is 4.74 Å². The van der Waals surface area contributed by atoms with Gasteiger partial charge in [-0.2, -0.15) is 8.78 Å². The molecule has 7 heteroatoms. The van der Waals surface area contributed by atoms with Crippen molar-refractivity contribution in [2.24, 2.45) is 5.73 Å². The van der Waals surface area contributed by atoms with Gasteiger partial charge in [-0.15, -0.1) is 11.3 Å². The molecular weight excluding hydrogens is 315 g/mol. The molecule has 0 aliphatic rings. The third kappa shape index (κ3) is 3.57. The standard InChI is InChI=1S/C12H9Cl2F2NOS/c13-9-5-8(11(14)19-9)10(17)6-1-3-7(4-2-6)18-12(15)16/h1-5,10,12H,17H2. The van der Waals surface area contributed by atoms with Crippen LogP contribution < -0.4 is 10.5 Å². The van der Waals surface area contributed by atoms with Crippen molar-refractivity contribution in [2.45, 2.75) is 12.7 Å². The van der Waals surface area contributed by atoms with Crippen molar-refractivity contribution < 1.29 is 13.5 Å². The zero-order valence-electron chi connectivity index (χ0n) is 9.45. The minimum Gasteiger partial charge on any atom is -0.435 e. The van der Waals surface area contributed by atoms with Crippen LogP contribution in [0.1, 0.15) is 17.2 Å². The van der Waals surface area contributed by atoms with E-state index in [1.807, 2.05) is 0 Å². The highest BCUT2D eigenvalue weighted by molar-refractivity contribution is 7.20. The fraction of sp³-hybridized carbons (Fsp3) is 0.167. The fourth-order valence-corrected chi connectivity index (χ4v) is 3.15. The Kier molecular flexibility index (Phi) is 4.62. The highest BCUT2D eigenvalue weighted by Crippen LogP contribution is 2.36. The minimum atomic E-state index is -2.84. The Morgan fingerprint density at radius 2 is 1.79 bits per heavy atom. The lowest BCUT2D eigenvalue weighted by atomic mass is 10.0. The van der Waals surface area contributed by atoms with Gasteiger partial charge in [-0.3, -0.25) is 0 Å². The Bertz CT molecular complexity index is 559. The first-order valence-electron chi connectivity index (χ1n) is 5.22. The van der Waals surface area contributed by atoms with E-state index in [0.717, 1.165) is 5.56 Å². The summed E-state index contributed by atoms with van der Waals surface area (Å²) in [4.78, 5) is 0. The van der Waals surface area contributed by atoms with Crippen LogP contribution >= 0.6 is 34.5 Å². The molecule has 0 aliphatic heterocycles. The number of rotatable bonds is 4. The lowest BCUT2D eigenvalue weighted by Gasteiger charge is -2.12. The monoisotopic (exact) mass is 323 g/mol. The number of benzene rings is 1. The van der Waals surface area contributed by atoms with E-state index in [9.17, 15) is 8.78 Å². The maximum atomic E-state index is 12.0. The molecule has 2 nitrogen and oxygen atoms in total. The van der Waals surface area contributed by atoms with Crippen molar-refractivity contribution in [1.82, 2.24) is 0 Å².